The van der Waals surface area contributed by atoms with Gasteiger partial charge in [-0.05, 0) is 43.9 Å². The maximum atomic E-state index is 9.62. The van der Waals surface area contributed by atoms with Gasteiger partial charge >= 0.3 is 0 Å². The average molecular weight is 354 g/mol. The first-order chi connectivity index (χ1) is 12.1. The zero-order chi connectivity index (χ0) is 17.6. The van der Waals surface area contributed by atoms with Crippen LogP contribution in [0.2, 0.25) is 0 Å². The van der Waals surface area contributed by atoms with Gasteiger partial charge < -0.3 is 9.67 Å². The first kappa shape index (κ1) is 17.4. The molecule has 0 bridgehead atoms. The molecular weight excluding hydrogens is 332 g/mol. The summed E-state index contributed by atoms with van der Waals surface area (Å²) in [7, 11) is 0. The van der Waals surface area contributed by atoms with Gasteiger partial charge in [0.25, 0.3) is 0 Å². The molecule has 25 heavy (non-hydrogen) atoms. The second-order valence-corrected chi connectivity index (χ2v) is 6.52. The number of rotatable bonds is 7. The van der Waals surface area contributed by atoms with Gasteiger partial charge in [0, 0.05) is 24.8 Å². The molecule has 0 atom stereocenters. The molecule has 0 aliphatic heterocycles. The van der Waals surface area contributed by atoms with E-state index in [2.05, 4.69) is 29.4 Å². The summed E-state index contributed by atoms with van der Waals surface area (Å²) in [5, 5.41) is 18.1. The number of pyridine rings is 1. The van der Waals surface area contributed by atoms with Crippen molar-refractivity contribution in [3.8, 4) is 17.0 Å². The van der Waals surface area contributed by atoms with Crippen LogP contribution in [-0.4, -0.2) is 24.7 Å². The molecule has 0 radical (unpaired) electrons. The Morgan fingerprint density at radius 1 is 1.04 bits per heavy atom. The van der Waals surface area contributed by atoms with E-state index < -0.39 is 0 Å². The number of benzene rings is 1. The molecule has 0 spiro atoms. The second-order valence-electron chi connectivity index (χ2n) is 6.13. The van der Waals surface area contributed by atoms with Crippen LogP contribution in [0.25, 0.3) is 11.3 Å². The van der Waals surface area contributed by atoms with Crippen molar-refractivity contribution < 1.29 is 5.11 Å². The Bertz CT molecular complexity index is 900. The number of hydrogen-bond donors (Lipinski definition) is 1. The zero-order valence-corrected chi connectivity index (χ0v) is 15.1. The Balaban J connectivity index is 1.48. The molecule has 0 aliphatic carbocycles. The van der Waals surface area contributed by atoms with Gasteiger partial charge in [-0.15, -0.1) is 5.10 Å². The molecule has 2 aromatic heterocycles. The van der Waals surface area contributed by atoms with Gasteiger partial charge in [-0.1, -0.05) is 41.7 Å². The summed E-state index contributed by atoms with van der Waals surface area (Å²) >= 11 is 5.20. The van der Waals surface area contributed by atoms with Gasteiger partial charge in [-0.2, -0.15) is 0 Å². The lowest BCUT2D eigenvalue weighted by Gasteiger charge is -2.07. The third-order valence-corrected chi connectivity index (χ3v) is 4.69. The molecule has 3 aromatic rings. The summed E-state index contributed by atoms with van der Waals surface area (Å²) in [6.45, 7) is 3.75. The average Bonchev–Trinajstić information content (AvgIpc) is 3.07. The van der Waals surface area contributed by atoms with E-state index in [0.717, 1.165) is 43.6 Å². The van der Waals surface area contributed by atoms with Crippen molar-refractivity contribution in [1.82, 2.24) is 19.6 Å². The third kappa shape index (κ3) is 4.33. The van der Waals surface area contributed by atoms with Gasteiger partial charge in [0.2, 0.25) is 0 Å². The lowest BCUT2D eigenvalue weighted by Crippen LogP contribution is -2.02. The van der Waals surface area contributed by atoms with Gasteiger partial charge in [-0.3, -0.25) is 4.68 Å². The van der Waals surface area contributed by atoms with E-state index in [1.807, 2.05) is 39.8 Å². The Hall–Kier alpha value is -2.47. The van der Waals surface area contributed by atoms with E-state index in [4.69, 9.17) is 12.2 Å². The van der Waals surface area contributed by atoms with Crippen LogP contribution in [0.1, 0.15) is 24.8 Å². The monoisotopic (exact) mass is 354 g/mol. The van der Waals surface area contributed by atoms with Crippen molar-refractivity contribution in [2.75, 3.05) is 0 Å². The van der Waals surface area contributed by atoms with Gasteiger partial charge in [0.05, 0.1) is 6.20 Å². The van der Waals surface area contributed by atoms with Crippen LogP contribution in [0.15, 0.2) is 48.8 Å². The van der Waals surface area contributed by atoms with E-state index >= 15 is 0 Å². The molecule has 1 N–H and O–H groups in total. The Kier molecular flexibility index (Phi) is 5.60. The fourth-order valence-electron chi connectivity index (χ4n) is 2.82. The topological polar surface area (TPSA) is 55.9 Å². The van der Waals surface area contributed by atoms with Crippen molar-refractivity contribution in [3.05, 3.63) is 59.0 Å². The number of hydrogen-bond acceptors (Lipinski definition) is 4. The highest BCUT2D eigenvalue weighted by Crippen LogP contribution is 2.20. The van der Waals surface area contributed by atoms with Gasteiger partial charge in [0.15, 0.2) is 0 Å². The van der Waals surface area contributed by atoms with Crippen LogP contribution < -0.4 is 0 Å². The first-order valence-electron chi connectivity index (χ1n) is 8.50. The van der Waals surface area contributed by atoms with Gasteiger partial charge in [0.1, 0.15) is 16.1 Å². The molecule has 0 fully saturated rings. The van der Waals surface area contributed by atoms with Crippen LogP contribution in [0.3, 0.4) is 0 Å². The SMILES string of the molecule is Cc1ccccc1-c1cn(CCCCCn2cccc(O)c2=S)nn1. The van der Waals surface area contributed by atoms with Crippen LogP contribution in [-0.2, 0) is 13.1 Å². The summed E-state index contributed by atoms with van der Waals surface area (Å²) < 4.78 is 4.32. The van der Waals surface area contributed by atoms with E-state index in [9.17, 15) is 5.11 Å². The molecule has 5 nitrogen and oxygen atoms in total. The largest absolute Gasteiger partial charge is 0.505 e. The predicted molar refractivity (Wildman–Crippen MR) is 101 cm³/mol. The minimum atomic E-state index is 0.170. The quantitative estimate of drug-likeness (QED) is 0.506. The Morgan fingerprint density at radius 3 is 2.68 bits per heavy atom. The number of nitrogens with zero attached hydrogens (tertiary/aromatic N) is 4. The fraction of sp³-hybridized carbons (Fsp3) is 0.316. The van der Waals surface area contributed by atoms with Crippen LogP contribution in [0.5, 0.6) is 5.75 Å². The van der Waals surface area contributed by atoms with Crippen LogP contribution in [0, 0.1) is 11.6 Å². The molecule has 3 rings (SSSR count). The molecule has 6 heteroatoms. The van der Waals surface area contributed by atoms with Crippen LogP contribution in [0.4, 0.5) is 0 Å². The lowest BCUT2D eigenvalue weighted by atomic mass is 10.1. The van der Waals surface area contributed by atoms with Gasteiger partial charge in [-0.25, -0.2) is 0 Å². The maximum Gasteiger partial charge on any atom is 0.150 e. The summed E-state index contributed by atoms with van der Waals surface area (Å²) in [6, 6.07) is 11.6. The fourth-order valence-corrected chi connectivity index (χ4v) is 3.04. The van der Waals surface area contributed by atoms with Crippen molar-refractivity contribution in [2.24, 2.45) is 0 Å². The van der Waals surface area contributed by atoms with Crippen LogP contribution >= 0.6 is 12.2 Å². The van der Waals surface area contributed by atoms with Crippen molar-refractivity contribution in [1.29, 1.82) is 0 Å². The molecule has 0 amide bonds. The summed E-state index contributed by atoms with van der Waals surface area (Å²) in [5.41, 5.74) is 3.26. The normalized spacial score (nSPS) is 10.9. The zero-order valence-electron chi connectivity index (χ0n) is 14.3. The lowest BCUT2D eigenvalue weighted by molar-refractivity contribution is 0.457. The standard InChI is InChI=1S/C19H22N4OS/c1-15-8-3-4-9-16(15)17-14-23(21-20-17)13-6-2-5-11-22-12-7-10-18(24)19(22)25/h3-4,7-10,12,14,24H,2,5-6,11,13H2,1H3. The summed E-state index contributed by atoms with van der Waals surface area (Å²) in [6.07, 6.45) is 7.03. The summed E-state index contributed by atoms with van der Waals surface area (Å²) in [4.78, 5) is 0. The molecule has 2 heterocycles. The van der Waals surface area contributed by atoms with Crippen molar-refractivity contribution >= 4 is 12.2 Å². The van der Waals surface area contributed by atoms with E-state index in [0.29, 0.717) is 4.64 Å². The molecule has 1 aromatic carbocycles. The Labute approximate surface area is 152 Å². The van der Waals surface area contributed by atoms with Crippen molar-refractivity contribution in [3.63, 3.8) is 0 Å². The van der Waals surface area contributed by atoms with E-state index in [1.165, 1.54) is 5.56 Å². The van der Waals surface area contributed by atoms with E-state index in [-0.39, 0.29) is 5.75 Å². The molecular formula is C19H22N4OS. The first-order valence-corrected chi connectivity index (χ1v) is 8.90. The minimum Gasteiger partial charge on any atom is -0.505 e. The summed E-state index contributed by atoms with van der Waals surface area (Å²) in [5.74, 6) is 0.170. The number of aryl methyl sites for hydroxylation is 3. The van der Waals surface area contributed by atoms with Crippen molar-refractivity contribution in [2.45, 2.75) is 39.3 Å². The molecule has 0 unspecified atom stereocenters. The minimum absolute atomic E-state index is 0.170. The third-order valence-electron chi connectivity index (χ3n) is 4.25. The highest BCUT2D eigenvalue weighted by Gasteiger charge is 2.06. The maximum absolute atomic E-state index is 9.62. The molecule has 0 aliphatic rings. The number of aromatic nitrogens is 4. The number of aromatic hydroxyl groups is 1. The smallest absolute Gasteiger partial charge is 0.150 e. The highest BCUT2D eigenvalue weighted by molar-refractivity contribution is 7.71. The van der Waals surface area contributed by atoms with E-state index in [1.54, 1.807) is 6.07 Å². The molecule has 0 saturated carbocycles. The Morgan fingerprint density at radius 2 is 1.84 bits per heavy atom. The predicted octanol–water partition coefficient (Wildman–Crippen LogP) is 4.36. The second kappa shape index (κ2) is 8.07. The number of unbranched alkanes of at least 4 members (excludes halogenated alkanes) is 2. The highest BCUT2D eigenvalue weighted by atomic mass is 32.1. The molecule has 0 saturated heterocycles. The molecule has 130 valence electrons.